The molecule has 0 amide bonds. The zero-order valence-corrected chi connectivity index (χ0v) is 20.2. The molecule has 188 valence electrons. The number of aliphatic hydroxyl groups excluding tert-OH is 2. The molecule has 0 aliphatic heterocycles. The molecule has 0 saturated heterocycles. The Balaban J connectivity index is 1.31. The third-order valence-electron chi connectivity index (χ3n) is 5.62. The smallest absolute Gasteiger partial charge is 0.121 e. The molecule has 0 aromatic heterocycles. The molecule has 3 aromatic carbocycles. The first-order valence-corrected chi connectivity index (χ1v) is 11.8. The largest absolute Gasteiger partial charge is 0.508 e. The normalized spacial score (nSPS) is 12.0. The van der Waals surface area contributed by atoms with Crippen LogP contribution in [-0.2, 0) is 35.7 Å². The van der Waals surface area contributed by atoms with Gasteiger partial charge in [-0.25, -0.2) is 0 Å². The molecule has 7 nitrogen and oxygen atoms in total. The van der Waals surface area contributed by atoms with Gasteiger partial charge in [-0.15, -0.1) is 0 Å². The Morgan fingerprint density at radius 3 is 2.26 bits per heavy atom. The van der Waals surface area contributed by atoms with Crippen LogP contribution in [-0.4, -0.2) is 48.7 Å². The van der Waals surface area contributed by atoms with Gasteiger partial charge >= 0.3 is 0 Å². The van der Waals surface area contributed by atoms with E-state index in [4.69, 9.17) is 14.2 Å². The number of methoxy groups -OCH3 is 1. The summed E-state index contributed by atoms with van der Waals surface area (Å²) in [5.74, 6) is 0.851. The molecule has 1 atom stereocenters. The number of aromatic hydroxyl groups is 1. The first-order chi connectivity index (χ1) is 17.1. The van der Waals surface area contributed by atoms with Crippen molar-refractivity contribution in [3.8, 4) is 11.5 Å². The average molecular weight is 482 g/mol. The average Bonchev–Trinajstić information content (AvgIpc) is 2.89. The molecule has 0 spiro atoms. The second-order valence-corrected chi connectivity index (χ2v) is 8.29. The van der Waals surface area contributed by atoms with E-state index in [9.17, 15) is 15.3 Å². The zero-order valence-electron chi connectivity index (χ0n) is 20.2. The number of nitrogens with one attached hydrogen (secondary N) is 1. The van der Waals surface area contributed by atoms with Crippen LogP contribution >= 0.6 is 0 Å². The van der Waals surface area contributed by atoms with Gasteiger partial charge in [-0.2, -0.15) is 0 Å². The molecule has 0 unspecified atom stereocenters. The lowest BCUT2D eigenvalue weighted by Gasteiger charge is -2.14. The van der Waals surface area contributed by atoms with E-state index in [-0.39, 0.29) is 12.4 Å². The fourth-order valence-electron chi connectivity index (χ4n) is 3.66. The lowest BCUT2D eigenvalue weighted by Crippen LogP contribution is -2.23. The van der Waals surface area contributed by atoms with Crippen molar-refractivity contribution < 1.29 is 29.5 Å². The summed E-state index contributed by atoms with van der Waals surface area (Å²) >= 11 is 0. The predicted octanol–water partition coefficient (Wildman–Crippen LogP) is 3.49. The van der Waals surface area contributed by atoms with Crippen molar-refractivity contribution in [3.63, 3.8) is 0 Å². The number of hydrogen-bond acceptors (Lipinski definition) is 7. The second kappa shape index (κ2) is 14.5. The van der Waals surface area contributed by atoms with Crippen LogP contribution in [0.3, 0.4) is 0 Å². The molecule has 4 N–H and O–H groups in total. The van der Waals surface area contributed by atoms with Crippen LogP contribution in [0.25, 0.3) is 0 Å². The van der Waals surface area contributed by atoms with E-state index in [1.807, 2.05) is 36.4 Å². The summed E-state index contributed by atoms with van der Waals surface area (Å²) in [6, 6.07) is 20.9. The van der Waals surface area contributed by atoms with Crippen LogP contribution in [0.1, 0.15) is 33.9 Å². The maximum atomic E-state index is 10.4. The third kappa shape index (κ3) is 8.98. The Morgan fingerprint density at radius 2 is 1.54 bits per heavy atom. The van der Waals surface area contributed by atoms with E-state index in [0.717, 1.165) is 23.3 Å². The fourth-order valence-corrected chi connectivity index (χ4v) is 3.66. The van der Waals surface area contributed by atoms with Gasteiger partial charge in [0.1, 0.15) is 11.5 Å². The highest BCUT2D eigenvalue weighted by Gasteiger charge is 2.10. The summed E-state index contributed by atoms with van der Waals surface area (Å²) in [5, 5.41) is 32.5. The SMILES string of the molecule is COc1cccc(COCCOCc2cccc(CCNC[C@H](O)c3ccc(O)c(CO)c3)c2)c1. The minimum absolute atomic E-state index is 0.0287. The lowest BCUT2D eigenvalue weighted by molar-refractivity contribution is 0.0338. The van der Waals surface area contributed by atoms with Gasteiger partial charge in [0.05, 0.1) is 46.2 Å². The van der Waals surface area contributed by atoms with Gasteiger partial charge in [0.15, 0.2) is 0 Å². The van der Waals surface area contributed by atoms with Crippen LogP contribution < -0.4 is 10.1 Å². The Hall–Kier alpha value is -2.94. The number of hydrogen-bond donors (Lipinski definition) is 4. The Morgan fingerprint density at radius 1 is 0.857 bits per heavy atom. The molecular formula is C28H35NO6. The van der Waals surface area contributed by atoms with Gasteiger partial charge in [-0.3, -0.25) is 0 Å². The highest BCUT2D eigenvalue weighted by atomic mass is 16.5. The number of aliphatic hydroxyl groups is 2. The molecule has 0 bridgehead atoms. The van der Waals surface area contributed by atoms with E-state index in [1.54, 1.807) is 19.2 Å². The van der Waals surface area contributed by atoms with E-state index >= 15 is 0 Å². The van der Waals surface area contributed by atoms with Gasteiger partial charge in [0.2, 0.25) is 0 Å². The van der Waals surface area contributed by atoms with Gasteiger partial charge in [-0.05, 0) is 59.5 Å². The van der Waals surface area contributed by atoms with Gasteiger partial charge in [-0.1, -0.05) is 42.5 Å². The number of ether oxygens (including phenoxy) is 3. The van der Waals surface area contributed by atoms with Crippen LogP contribution in [0, 0.1) is 0 Å². The number of benzene rings is 3. The summed E-state index contributed by atoms with van der Waals surface area (Å²) in [5.41, 5.74) is 4.43. The molecule has 3 aromatic rings. The standard InChI is InChI=1S/C28H35NO6/c1-33-26-7-3-6-23(15-26)20-35-13-12-34-19-22-5-2-4-21(14-22)10-11-29-17-28(32)24-8-9-27(31)25(16-24)18-30/h2-9,14-16,28-32H,10-13,17-20H2,1H3/t28-/m0/s1. The molecule has 0 radical (unpaired) electrons. The quantitative estimate of drug-likeness (QED) is 0.247. The lowest BCUT2D eigenvalue weighted by atomic mass is 10.0. The zero-order chi connectivity index (χ0) is 24.9. The highest BCUT2D eigenvalue weighted by Crippen LogP contribution is 2.22. The summed E-state index contributed by atoms with van der Waals surface area (Å²) in [4.78, 5) is 0. The summed E-state index contributed by atoms with van der Waals surface area (Å²) in [6.45, 7) is 2.91. The van der Waals surface area contributed by atoms with Crippen LogP contribution in [0.5, 0.6) is 11.5 Å². The molecule has 35 heavy (non-hydrogen) atoms. The van der Waals surface area contributed by atoms with Crippen molar-refractivity contribution in [2.45, 2.75) is 32.3 Å². The maximum absolute atomic E-state index is 10.4. The molecule has 3 rings (SSSR count). The number of rotatable bonds is 15. The topological polar surface area (TPSA) is 100 Å². The molecule has 7 heteroatoms. The maximum Gasteiger partial charge on any atom is 0.121 e. The van der Waals surface area contributed by atoms with Crippen LogP contribution in [0.2, 0.25) is 0 Å². The van der Waals surface area contributed by atoms with E-state index in [0.29, 0.717) is 50.6 Å². The van der Waals surface area contributed by atoms with Crippen molar-refractivity contribution in [2.75, 3.05) is 33.4 Å². The highest BCUT2D eigenvalue weighted by molar-refractivity contribution is 5.36. The first-order valence-electron chi connectivity index (χ1n) is 11.8. The van der Waals surface area contributed by atoms with Crippen molar-refractivity contribution in [3.05, 3.63) is 94.5 Å². The summed E-state index contributed by atoms with van der Waals surface area (Å²) < 4.78 is 16.7. The minimum Gasteiger partial charge on any atom is -0.508 e. The minimum atomic E-state index is -0.716. The van der Waals surface area contributed by atoms with E-state index in [1.165, 1.54) is 11.6 Å². The molecular weight excluding hydrogens is 446 g/mol. The van der Waals surface area contributed by atoms with Crippen molar-refractivity contribution >= 4 is 0 Å². The monoisotopic (exact) mass is 481 g/mol. The number of phenols is 1. The van der Waals surface area contributed by atoms with Crippen molar-refractivity contribution in [1.82, 2.24) is 5.32 Å². The van der Waals surface area contributed by atoms with Crippen molar-refractivity contribution in [1.29, 1.82) is 0 Å². The molecule has 0 fully saturated rings. The molecule has 0 aliphatic carbocycles. The molecule has 0 saturated carbocycles. The van der Waals surface area contributed by atoms with Gasteiger partial charge < -0.3 is 34.8 Å². The first kappa shape index (κ1) is 26.7. The van der Waals surface area contributed by atoms with Crippen LogP contribution in [0.15, 0.2) is 66.7 Å². The van der Waals surface area contributed by atoms with Gasteiger partial charge in [0, 0.05) is 12.1 Å². The van der Waals surface area contributed by atoms with E-state index in [2.05, 4.69) is 17.4 Å². The third-order valence-corrected chi connectivity index (χ3v) is 5.62. The Labute approximate surface area is 206 Å². The van der Waals surface area contributed by atoms with E-state index < -0.39 is 6.10 Å². The molecule has 0 aliphatic rings. The predicted molar refractivity (Wildman–Crippen MR) is 134 cm³/mol. The van der Waals surface area contributed by atoms with Crippen LogP contribution in [0.4, 0.5) is 0 Å². The fraction of sp³-hybridized carbons (Fsp3) is 0.357. The summed E-state index contributed by atoms with van der Waals surface area (Å²) in [7, 11) is 1.65. The van der Waals surface area contributed by atoms with Gasteiger partial charge in [0.25, 0.3) is 0 Å². The Kier molecular flexibility index (Phi) is 11.0. The van der Waals surface area contributed by atoms with Crippen molar-refractivity contribution in [2.24, 2.45) is 0 Å². The second-order valence-electron chi connectivity index (χ2n) is 8.29. The summed E-state index contributed by atoms with van der Waals surface area (Å²) in [6.07, 6.45) is 0.105. The Bertz CT molecular complexity index is 1040. The molecule has 0 heterocycles.